The van der Waals surface area contributed by atoms with Crippen molar-refractivity contribution in [1.82, 2.24) is 14.9 Å². The Labute approximate surface area is 200 Å². The molecule has 0 bridgehead atoms. The van der Waals surface area contributed by atoms with Gasteiger partial charge in [0.05, 0.1) is 23.2 Å². The van der Waals surface area contributed by atoms with Crippen molar-refractivity contribution in [2.24, 2.45) is 0 Å². The lowest BCUT2D eigenvalue weighted by atomic mass is 10.1. The fraction of sp³-hybridized carbons (Fsp3) is 0.407. The summed E-state index contributed by atoms with van der Waals surface area (Å²) in [5.41, 5.74) is 4.25. The van der Waals surface area contributed by atoms with E-state index in [2.05, 4.69) is 22.0 Å². The number of piperidine rings is 1. The van der Waals surface area contributed by atoms with Gasteiger partial charge in [-0.2, -0.15) is 0 Å². The molecule has 1 saturated heterocycles. The molecule has 0 atom stereocenters. The standard InChI is InChI=1S/C27H33N5O2/c1-27(2,3)34-20-10-7-18(8-11-20)16-32-17-23(33)24(25(32)28)26-29-21-12-9-19(15-22(21)30-26)31-13-5-4-6-14-31/h7-12,15,28,33H,4-6,13-14,16-17H2,1-3H3,(H,29,30). The first-order valence-electron chi connectivity index (χ1n) is 12.1. The molecule has 0 saturated carbocycles. The highest BCUT2D eigenvalue weighted by atomic mass is 16.5. The molecule has 3 N–H and O–H groups in total. The third-order valence-electron chi connectivity index (χ3n) is 6.33. The Hall–Kier alpha value is -3.48. The number of nitrogens with zero attached hydrogens (tertiary/aromatic N) is 3. The Morgan fingerprint density at radius 1 is 1.06 bits per heavy atom. The van der Waals surface area contributed by atoms with Crippen LogP contribution in [0.1, 0.15) is 51.4 Å². The number of benzene rings is 2. The summed E-state index contributed by atoms with van der Waals surface area (Å²) in [6.07, 6.45) is 3.76. The molecule has 34 heavy (non-hydrogen) atoms. The van der Waals surface area contributed by atoms with Crippen LogP contribution in [0.15, 0.2) is 48.2 Å². The number of hydrogen-bond donors (Lipinski definition) is 3. The lowest BCUT2D eigenvalue weighted by Gasteiger charge is -2.28. The zero-order valence-electron chi connectivity index (χ0n) is 20.2. The average molecular weight is 460 g/mol. The first kappa shape index (κ1) is 22.3. The second kappa shape index (κ2) is 8.70. The fourth-order valence-electron chi connectivity index (χ4n) is 4.72. The molecule has 3 aromatic rings. The predicted molar refractivity (Wildman–Crippen MR) is 137 cm³/mol. The maximum atomic E-state index is 10.7. The second-order valence-electron chi connectivity index (χ2n) is 10.2. The minimum Gasteiger partial charge on any atom is -0.510 e. The van der Waals surface area contributed by atoms with Crippen molar-refractivity contribution < 1.29 is 9.84 Å². The van der Waals surface area contributed by atoms with Crippen LogP contribution in [-0.4, -0.2) is 51.0 Å². The largest absolute Gasteiger partial charge is 0.510 e. The molecular weight excluding hydrogens is 426 g/mol. The Bertz CT molecular complexity index is 1230. The number of aromatic nitrogens is 2. The number of ether oxygens (including phenoxy) is 1. The van der Waals surface area contributed by atoms with Crippen molar-refractivity contribution in [3.05, 3.63) is 59.6 Å². The molecule has 0 spiro atoms. The maximum absolute atomic E-state index is 10.7. The molecule has 0 radical (unpaired) electrons. The molecular formula is C27H33N5O2. The van der Waals surface area contributed by atoms with E-state index in [1.807, 2.05) is 56.0 Å². The van der Waals surface area contributed by atoms with Crippen LogP contribution in [0.2, 0.25) is 0 Å². The van der Waals surface area contributed by atoms with Crippen LogP contribution in [0.5, 0.6) is 5.75 Å². The monoisotopic (exact) mass is 459 g/mol. The van der Waals surface area contributed by atoms with Gasteiger partial charge in [0.1, 0.15) is 28.8 Å². The van der Waals surface area contributed by atoms with Crippen LogP contribution in [0.4, 0.5) is 5.69 Å². The van der Waals surface area contributed by atoms with Crippen LogP contribution in [0, 0.1) is 5.41 Å². The van der Waals surface area contributed by atoms with Crippen molar-refractivity contribution in [1.29, 1.82) is 5.41 Å². The van der Waals surface area contributed by atoms with Crippen LogP contribution in [0.25, 0.3) is 16.6 Å². The summed E-state index contributed by atoms with van der Waals surface area (Å²) >= 11 is 0. The summed E-state index contributed by atoms with van der Waals surface area (Å²) in [4.78, 5) is 12.3. The Balaban J connectivity index is 1.31. The number of rotatable bonds is 5. The number of amidine groups is 1. The van der Waals surface area contributed by atoms with E-state index in [-0.39, 0.29) is 17.2 Å². The van der Waals surface area contributed by atoms with Gasteiger partial charge < -0.3 is 24.6 Å². The van der Waals surface area contributed by atoms with Crippen LogP contribution in [-0.2, 0) is 6.54 Å². The lowest BCUT2D eigenvalue weighted by Crippen LogP contribution is -2.29. The van der Waals surface area contributed by atoms with E-state index >= 15 is 0 Å². The SMILES string of the molecule is CC(C)(C)Oc1ccc(CN2CC(O)=C(c3nc4ccc(N5CCCCC5)cc4[nH]3)C2=N)cc1. The fourth-order valence-corrected chi connectivity index (χ4v) is 4.72. The summed E-state index contributed by atoms with van der Waals surface area (Å²) in [6.45, 7) is 9.06. The summed E-state index contributed by atoms with van der Waals surface area (Å²) in [5.74, 6) is 1.82. The number of imidazole rings is 1. The zero-order valence-corrected chi connectivity index (χ0v) is 20.2. The Morgan fingerprint density at radius 3 is 2.50 bits per heavy atom. The average Bonchev–Trinajstić information content (AvgIpc) is 3.33. The van der Waals surface area contributed by atoms with E-state index in [1.54, 1.807) is 0 Å². The van der Waals surface area contributed by atoms with Gasteiger partial charge in [0.15, 0.2) is 0 Å². The van der Waals surface area contributed by atoms with Gasteiger partial charge in [-0.05, 0) is 75.9 Å². The lowest BCUT2D eigenvalue weighted by molar-refractivity contribution is 0.131. The third-order valence-corrected chi connectivity index (χ3v) is 6.33. The first-order valence-corrected chi connectivity index (χ1v) is 12.1. The number of aliphatic hydroxyl groups is 1. The van der Waals surface area contributed by atoms with Crippen molar-refractivity contribution in [3.8, 4) is 5.75 Å². The molecule has 5 rings (SSSR count). The van der Waals surface area contributed by atoms with Gasteiger partial charge in [-0.1, -0.05) is 12.1 Å². The number of anilines is 1. The predicted octanol–water partition coefficient (Wildman–Crippen LogP) is 5.49. The minimum atomic E-state index is -0.246. The van der Waals surface area contributed by atoms with Gasteiger partial charge in [-0.3, -0.25) is 5.41 Å². The quantitative estimate of drug-likeness (QED) is 0.469. The number of fused-ring (bicyclic) bond motifs is 1. The molecule has 3 heterocycles. The molecule has 7 nitrogen and oxygen atoms in total. The summed E-state index contributed by atoms with van der Waals surface area (Å²) in [6, 6.07) is 14.2. The van der Waals surface area contributed by atoms with Crippen LogP contribution >= 0.6 is 0 Å². The van der Waals surface area contributed by atoms with Gasteiger partial charge >= 0.3 is 0 Å². The Morgan fingerprint density at radius 2 is 1.79 bits per heavy atom. The third kappa shape index (κ3) is 4.60. The smallest absolute Gasteiger partial charge is 0.145 e. The van der Waals surface area contributed by atoms with E-state index in [0.717, 1.165) is 35.4 Å². The molecule has 1 fully saturated rings. The number of aromatic amines is 1. The minimum absolute atomic E-state index is 0.174. The highest BCUT2D eigenvalue weighted by Crippen LogP contribution is 2.30. The summed E-state index contributed by atoms with van der Waals surface area (Å²) in [5, 5.41) is 19.5. The van der Waals surface area contributed by atoms with Gasteiger partial charge in [0, 0.05) is 25.3 Å². The molecule has 0 amide bonds. The van der Waals surface area contributed by atoms with Crippen molar-refractivity contribution >= 4 is 28.1 Å². The number of aliphatic hydroxyl groups excluding tert-OH is 1. The van der Waals surface area contributed by atoms with E-state index in [0.29, 0.717) is 24.5 Å². The van der Waals surface area contributed by atoms with Crippen molar-refractivity contribution in [3.63, 3.8) is 0 Å². The molecule has 2 aromatic carbocycles. The highest BCUT2D eigenvalue weighted by Gasteiger charge is 2.30. The number of nitrogens with one attached hydrogen (secondary N) is 2. The van der Waals surface area contributed by atoms with E-state index in [9.17, 15) is 5.11 Å². The van der Waals surface area contributed by atoms with E-state index in [4.69, 9.17) is 15.1 Å². The van der Waals surface area contributed by atoms with E-state index in [1.165, 1.54) is 24.9 Å². The maximum Gasteiger partial charge on any atom is 0.145 e. The second-order valence-corrected chi connectivity index (χ2v) is 10.2. The molecule has 1 aromatic heterocycles. The van der Waals surface area contributed by atoms with Crippen LogP contribution < -0.4 is 9.64 Å². The highest BCUT2D eigenvalue weighted by molar-refractivity contribution is 6.23. The van der Waals surface area contributed by atoms with Gasteiger partial charge in [-0.25, -0.2) is 4.98 Å². The molecule has 0 unspecified atom stereocenters. The number of hydrogen-bond acceptors (Lipinski definition) is 5. The summed E-state index contributed by atoms with van der Waals surface area (Å²) in [7, 11) is 0. The van der Waals surface area contributed by atoms with Crippen molar-refractivity contribution in [2.75, 3.05) is 24.5 Å². The molecule has 2 aliphatic heterocycles. The normalized spacial score (nSPS) is 17.2. The number of H-pyrrole nitrogens is 1. The molecule has 178 valence electrons. The van der Waals surface area contributed by atoms with Gasteiger partial charge in [0.25, 0.3) is 0 Å². The molecule has 0 aliphatic carbocycles. The first-order chi connectivity index (χ1) is 16.3. The van der Waals surface area contributed by atoms with Crippen LogP contribution in [0.3, 0.4) is 0 Å². The summed E-state index contributed by atoms with van der Waals surface area (Å²) < 4.78 is 5.90. The van der Waals surface area contributed by atoms with E-state index < -0.39 is 0 Å². The van der Waals surface area contributed by atoms with Crippen molar-refractivity contribution in [2.45, 2.75) is 52.2 Å². The van der Waals surface area contributed by atoms with Gasteiger partial charge in [0.2, 0.25) is 0 Å². The molecule has 7 heteroatoms. The zero-order chi connectivity index (χ0) is 23.9. The molecule has 2 aliphatic rings. The Kier molecular flexibility index (Phi) is 5.71. The topological polar surface area (TPSA) is 88.5 Å². The van der Waals surface area contributed by atoms with Gasteiger partial charge in [-0.15, -0.1) is 0 Å².